The Morgan fingerprint density at radius 2 is 2.00 bits per heavy atom. The van der Waals surface area contributed by atoms with Crippen molar-refractivity contribution in [3.8, 4) is 5.75 Å². The van der Waals surface area contributed by atoms with Crippen LogP contribution in [0.2, 0.25) is 0 Å². The number of aromatic nitrogens is 2. The van der Waals surface area contributed by atoms with Crippen molar-refractivity contribution >= 4 is 44.2 Å². The molecule has 136 valence electrons. The highest BCUT2D eigenvalue weighted by molar-refractivity contribution is 8.01. The molecule has 0 radical (unpaired) electrons. The average Bonchev–Trinajstić information content (AvgIpc) is 3.02. The first-order chi connectivity index (χ1) is 11.9. The Morgan fingerprint density at radius 1 is 1.32 bits per heavy atom. The molecule has 2 rings (SSSR count). The van der Waals surface area contributed by atoms with Crippen LogP contribution in [0.15, 0.2) is 33.5 Å². The van der Waals surface area contributed by atoms with E-state index < -0.39 is 15.9 Å². The van der Waals surface area contributed by atoms with Crippen molar-refractivity contribution in [1.82, 2.24) is 14.5 Å². The molecule has 0 atom stereocenters. The molecular formula is C14H18N4O4S3. The Bertz CT molecular complexity index is 821. The molecule has 0 bridgehead atoms. The fourth-order valence-corrected chi connectivity index (χ4v) is 4.61. The number of thioether (sulfide) groups is 1. The molecular weight excluding hydrogens is 384 g/mol. The fraction of sp³-hybridized carbons (Fsp3) is 0.357. The molecule has 0 spiro atoms. The number of carbonyl (C=O) groups is 1. The predicted molar refractivity (Wildman–Crippen MR) is 97.7 cm³/mol. The van der Waals surface area contributed by atoms with Gasteiger partial charge in [0.2, 0.25) is 21.1 Å². The summed E-state index contributed by atoms with van der Waals surface area (Å²) in [6.07, 6.45) is 0. The van der Waals surface area contributed by atoms with E-state index >= 15 is 0 Å². The number of hydrogen-bond donors (Lipinski definition) is 1. The number of anilines is 1. The van der Waals surface area contributed by atoms with Crippen molar-refractivity contribution < 1.29 is 17.9 Å². The molecule has 1 N–H and O–H groups in total. The van der Waals surface area contributed by atoms with Gasteiger partial charge >= 0.3 is 0 Å². The largest absolute Gasteiger partial charge is 0.497 e. The smallest absolute Gasteiger partial charge is 0.243 e. The lowest BCUT2D eigenvalue weighted by atomic mass is 10.3. The normalized spacial score (nSPS) is 11.5. The zero-order valence-electron chi connectivity index (χ0n) is 13.9. The van der Waals surface area contributed by atoms with E-state index in [1.807, 2.05) is 6.92 Å². The second-order valence-corrected chi connectivity index (χ2v) is 9.32. The number of amides is 1. The molecule has 0 aliphatic heterocycles. The van der Waals surface area contributed by atoms with Crippen molar-refractivity contribution in [1.29, 1.82) is 0 Å². The van der Waals surface area contributed by atoms with Gasteiger partial charge in [0.25, 0.3) is 0 Å². The standard InChI is InChI=1S/C14H18N4O4S3/c1-4-23-14-17-16-13(24-14)15-12(19)9-18(2)25(20,21)11-7-5-10(22-3)6-8-11/h5-8H,4,9H2,1-3H3,(H,15,16,19). The Hall–Kier alpha value is -1.69. The van der Waals surface area contributed by atoms with Crippen LogP contribution >= 0.6 is 23.1 Å². The lowest BCUT2D eigenvalue weighted by Gasteiger charge is -2.16. The van der Waals surface area contributed by atoms with Gasteiger partial charge in [-0.1, -0.05) is 30.0 Å². The summed E-state index contributed by atoms with van der Waals surface area (Å²) < 4.78 is 31.7. The number of nitrogens with one attached hydrogen (secondary N) is 1. The van der Waals surface area contributed by atoms with Crippen molar-refractivity contribution in [3.05, 3.63) is 24.3 Å². The summed E-state index contributed by atoms with van der Waals surface area (Å²) in [5.74, 6) is 0.922. The molecule has 1 aromatic carbocycles. The first kappa shape index (κ1) is 19.6. The first-order valence-corrected chi connectivity index (χ1v) is 10.5. The third-order valence-corrected chi connectivity index (χ3v) is 6.73. The summed E-state index contributed by atoms with van der Waals surface area (Å²) in [4.78, 5) is 12.1. The number of carbonyl (C=O) groups excluding carboxylic acids is 1. The maximum absolute atomic E-state index is 12.5. The number of rotatable bonds is 8. The topological polar surface area (TPSA) is 101 Å². The van der Waals surface area contributed by atoms with E-state index in [0.29, 0.717) is 10.9 Å². The highest BCUT2D eigenvalue weighted by Gasteiger charge is 2.23. The molecule has 0 aliphatic carbocycles. The van der Waals surface area contributed by atoms with Crippen molar-refractivity contribution in [2.24, 2.45) is 0 Å². The van der Waals surface area contributed by atoms with Crippen LogP contribution in [0.5, 0.6) is 5.75 Å². The third-order valence-electron chi connectivity index (χ3n) is 3.05. The molecule has 0 saturated carbocycles. The van der Waals surface area contributed by atoms with Gasteiger partial charge in [0, 0.05) is 7.05 Å². The van der Waals surface area contributed by atoms with Crippen LogP contribution in [0.25, 0.3) is 0 Å². The fourth-order valence-electron chi connectivity index (χ4n) is 1.82. The zero-order chi connectivity index (χ0) is 18.4. The number of sulfonamides is 1. The summed E-state index contributed by atoms with van der Waals surface area (Å²) >= 11 is 2.77. The minimum atomic E-state index is -3.77. The molecule has 1 aromatic heterocycles. The Labute approximate surface area is 154 Å². The SMILES string of the molecule is CCSc1nnc(NC(=O)CN(C)S(=O)(=O)c2ccc(OC)cc2)s1. The molecule has 0 unspecified atom stereocenters. The van der Waals surface area contributed by atoms with Gasteiger partial charge in [-0.2, -0.15) is 4.31 Å². The summed E-state index contributed by atoms with van der Waals surface area (Å²) in [7, 11) is -0.932. The van der Waals surface area contributed by atoms with E-state index in [2.05, 4.69) is 15.5 Å². The van der Waals surface area contributed by atoms with E-state index in [9.17, 15) is 13.2 Å². The number of benzene rings is 1. The number of likely N-dealkylation sites (N-methyl/N-ethyl adjacent to an activating group) is 1. The van der Waals surface area contributed by atoms with Gasteiger partial charge in [-0.3, -0.25) is 10.1 Å². The van der Waals surface area contributed by atoms with Crippen molar-refractivity contribution in [2.75, 3.05) is 31.8 Å². The maximum atomic E-state index is 12.5. The van der Waals surface area contributed by atoms with Crippen molar-refractivity contribution in [2.45, 2.75) is 16.2 Å². The predicted octanol–water partition coefficient (Wildman–Crippen LogP) is 1.92. The van der Waals surface area contributed by atoms with Crippen molar-refractivity contribution in [3.63, 3.8) is 0 Å². The van der Waals surface area contributed by atoms with Crippen LogP contribution in [0.4, 0.5) is 5.13 Å². The molecule has 1 heterocycles. The highest BCUT2D eigenvalue weighted by Crippen LogP contribution is 2.25. The quantitative estimate of drug-likeness (QED) is 0.532. The maximum Gasteiger partial charge on any atom is 0.243 e. The summed E-state index contributed by atoms with van der Waals surface area (Å²) in [5.41, 5.74) is 0. The Kier molecular flexibility index (Phi) is 6.76. The second-order valence-electron chi connectivity index (χ2n) is 4.79. The van der Waals surface area contributed by atoms with E-state index in [4.69, 9.17) is 4.74 Å². The van der Waals surface area contributed by atoms with E-state index in [-0.39, 0.29) is 11.4 Å². The molecule has 0 saturated heterocycles. The average molecular weight is 403 g/mol. The molecule has 0 aliphatic rings. The van der Waals surface area contributed by atoms with Crippen LogP contribution in [0.1, 0.15) is 6.92 Å². The van der Waals surface area contributed by atoms with Crippen LogP contribution < -0.4 is 10.1 Å². The number of ether oxygens (including phenoxy) is 1. The van der Waals surface area contributed by atoms with Crippen LogP contribution in [-0.2, 0) is 14.8 Å². The number of methoxy groups -OCH3 is 1. The van der Waals surface area contributed by atoms with Gasteiger partial charge in [-0.25, -0.2) is 8.42 Å². The van der Waals surface area contributed by atoms with Gasteiger partial charge in [-0.05, 0) is 30.0 Å². The van der Waals surface area contributed by atoms with Crippen LogP contribution in [-0.4, -0.2) is 55.3 Å². The highest BCUT2D eigenvalue weighted by atomic mass is 32.2. The molecule has 2 aromatic rings. The second kappa shape index (κ2) is 8.61. The van der Waals surface area contributed by atoms with Gasteiger partial charge in [0.1, 0.15) is 5.75 Å². The molecule has 0 fully saturated rings. The van der Waals surface area contributed by atoms with Gasteiger partial charge in [-0.15, -0.1) is 10.2 Å². The van der Waals surface area contributed by atoms with Gasteiger partial charge in [0.15, 0.2) is 4.34 Å². The Balaban J connectivity index is 2.00. The van der Waals surface area contributed by atoms with E-state index in [0.717, 1.165) is 14.4 Å². The molecule has 1 amide bonds. The minimum absolute atomic E-state index is 0.0844. The van der Waals surface area contributed by atoms with Gasteiger partial charge < -0.3 is 4.74 Å². The number of hydrogen-bond acceptors (Lipinski definition) is 8. The van der Waals surface area contributed by atoms with Crippen LogP contribution in [0, 0.1) is 0 Å². The van der Waals surface area contributed by atoms with Crippen LogP contribution in [0.3, 0.4) is 0 Å². The lowest BCUT2D eigenvalue weighted by Crippen LogP contribution is -2.34. The van der Waals surface area contributed by atoms with E-state index in [1.165, 1.54) is 49.4 Å². The van der Waals surface area contributed by atoms with E-state index in [1.54, 1.807) is 12.1 Å². The minimum Gasteiger partial charge on any atom is -0.497 e. The molecule has 8 nitrogen and oxygen atoms in total. The zero-order valence-corrected chi connectivity index (χ0v) is 16.4. The lowest BCUT2D eigenvalue weighted by molar-refractivity contribution is -0.116. The first-order valence-electron chi connectivity index (χ1n) is 7.23. The molecule has 25 heavy (non-hydrogen) atoms. The van der Waals surface area contributed by atoms with Gasteiger partial charge in [0.05, 0.1) is 18.6 Å². The third kappa shape index (κ3) is 5.14. The molecule has 11 heteroatoms. The summed E-state index contributed by atoms with van der Waals surface area (Å²) in [6, 6.07) is 5.97. The summed E-state index contributed by atoms with van der Waals surface area (Å²) in [5, 5.41) is 10.7. The monoisotopic (exact) mass is 402 g/mol. The summed E-state index contributed by atoms with van der Waals surface area (Å²) in [6.45, 7) is 1.66. The number of nitrogens with zero attached hydrogens (tertiary/aromatic N) is 3. The Morgan fingerprint density at radius 3 is 2.60 bits per heavy atom.